The second-order valence-electron chi connectivity index (χ2n) is 4.07. The van der Waals surface area contributed by atoms with E-state index in [1.807, 2.05) is 49.2 Å². The Kier molecular flexibility index (Phi) is 2.64. The molecule has 0 saturated heterocycles. The van der Waals surface area contributed by atoms with Crippen LogP contribution < -0.4 is 4.90 Å². The van der Waals surface area contributed by atoms with Crippen molar-refractivity contribution in [3.63, 3.8) is 0 Å². The van der Waals surface area contributed by atoms with Crippen molar-refractivity contribution in [1.29, 1.82) is 0 Å². The molecular formula is C12H14N2O2. The average Bonchev–Trinajstić information content (AvgIpc) is 2.22. The highest BCUT2D eigenvalue weighted by Gasteiger charge is 2.24. The monoisotopic (exact) mass is 218 g/mol. The van der Waals surface area contributed by atoms with Crippen molar-refractivity contribution < 1.29 is 4.92 Å². The molecule has 1 aromatic rings. The number of benzene rings is 1. The smallest absolute Gasteiger partial charge is 0.227 e. The number of hydrogen-bond acceptors (Lipinski definition) is 3. The minimum Gasteiger partial charge on any atom is -0.361 e. The zero-order valence-corrected chi connectivity index (χ0v) is 9.38. The molecule has 0 N–H and O–H groups in total. The van der Waals surface area contributed by atoms with Gasteiger partial charge < -0.3 is 4.90 Å². The Hall–Kier alpha value is -1.84. The van der Waals surface area contributed by atoms with Gasteiger partial charge in [-0.2, -0.15) is 0 Å². The van der Waals surface area contributed by atoms with Gasteiger partial charge in [-0.25, -0.2) is 0 Å². The third-order valence-electron chi connectivity index (χ3n) is 2.95. The molecule has 1 heterocycles. The van der Waals surface area contributed by atoms with Crippen LogP contribution in [0.4, 0.5) is 5.69 Å². The largest absolute Gasteiger partial charge is 0.361 e. The zero-order valence-electron chi connectivity index (χ0n) is 9.38. The number of para-hydroxylation sites is 1. The lowest BCUT2D eigenvalue weighted by atomic mass is 10.00. The molecule has 0 saturated carbocycles. The molecule has 1 atom stereocenters. The Labute approximate surface area is 94.3 Å². The van der Waals surface area contributed by atoms with Crippen molar-refractivity contribution in [3.8, 4) is 0 Å². The van der Waals surface area contributed by atoms with Crippen LogP contribution in [-0.4, -0.2) is 24.6 Å². The molecule has 2 rings (SSSR count). The Bertz CT molecular complexity index is 454. The minimum absolute atomic E-state index is 0.0548. The molecule has 0 fully saturated rings. The highest BCUT2D eigenvalue weighted by Crippen LogP contribution is 2.30. The molecule has 0 radical (unpaired) electrons. The number of anilines is 1. The van der Waals surface area contributed by atoms with Gasteiger partial charge in [0.1, 0.15) is 6.04 Å². The number of rotatable bonds is 2. The van der Waals surface area contributed by atoms with E-state index in [1.54, 1.807) is 0 Å². The lowest BCUT2D eigenvalue weighted by Gasteiger charge is -2.31. The van der Waals surface area contributed by atoms with Crippen molar-refractivity contribution in [2.45, 2.75) is 13.0 Å². The van der Waals surface area contributed by atoms with Crippen LogP contribution in [0.3, 0.4) is 0 Å². The van der Waals surface area contributed by atoms with Crippen LogP contribution in [0.5, 0.6) is 0 Å². The van der Waals surface area contributed by atoms with E-state index in [2.05, 4.69) is 0 Å². The van der Waals surface area contributed by atoms with Gasteiger partial charge in [0.2, 0.25) is 6.54 Å². The molecule has 4 nitrogen and oxygen atoms in total. The lowest BCUT2D eigenvalue weighted by molar-refractivity contribution is -0.480. The molecule has 1 aliphatic rings. The first-order chi connectivity index (χ1) is 7.59. The highest BCUT2D eigenvalue weighted by molar-refractivity contribution is 5.74. The van der Waals surface area contributed by atoms with Crippen LogP contribution in [0.2, 0.25) is 0 Å². The van der Waals surface area contributed by atoms with Crippen LogP contribution in [0.1, 0.15) is 11.1 Å². The number of hydrogen-bond donors (Lipinski definition) is 0. The van der Waals surface area contributed by atoms with Gasteiger partial charge in [0.15, 0.2) is 0 Å². The predicted molar refractivity (Wildman–Crippen MR) is 64.3 cm³/mol. The molecule has 0 amide bonds. The van der Waals surface area contributed by atoms with Gasteiger partial charge in [0.25, 0.3) is 0 Å². The summed E-state index contributed by atoms with van der Waals surface area (Å²) in [4.78, 5) is 12.3. The van der Waals surface area contributed by atoms with E-state index >= 15 is 0 Å². The second kappa shape index (κ2) is 3.96. The van der Waals surface area contributed by atoms with Crippen LogP contribution in [0, 0.1) is 17.0 Å². The molecule has 0 bridgehead atoms. The van der Waals surface area contributed by atoms with E-state index in [0.717, 1.165) is 16.8 Å². The maximum absolute atomic E-state index is 10.6. The fourth-order valence-corrected chi connectivity index (χ4v) is 2.14. The topological polar surface area (TPSA) is 46.4 Å². The van der Waals surface area contributed by atoms with E-state index in [0.29, 0.717) is 0 Å². The van der Waals surface area contributed by atoms with Crippen LogP contribution in [0.25, 0.3) is 6.08 Å². The summed E-state index contributed by atoms with van der Waals surface area (Å²) in [5.74, 6) is 0. The van der Waals surface area contributed by atoms with Crippen molar-refractivity contribution in [1.82, 2.24) is 0 Å². The third-order valence-corrected chi connectivity index (χ3v) is 2.95. The Morgan fingerprint density at radius 2 is 2.25 bits per heavy atom. The SMILES string of the molecule is Cc1cccc2c1N(C)C(C[N+](=O)[O-])C=C2. The highest BCUT2D eigenvalue weighted by atomic mass is 16.6. The fourth-order valence-electron chi connectivity index (χ4n) is 2.14. The van der Waals surface area contributed by atoms with Gasteiger partial charge in [0.05, 0.1) is 0 Å². The van der Waals surface area contributed by atoms with Crippen molar-refractivity contribution in [2.75, 3.05) is 18.5 Å². The van der Waals surface area contributed by atoms with E-state index < -0.39 is 0 Å². The van der Waals surface area contributed by atoms with Gasteiger partial charge in [-0.15, -0.1) is 0 Å². The lowest BCUT2D eigenvalue weighted by Crippen LogP contribution is -2.38. The summed E-state index contributed by atoms with van der Waals surface area (Å²) in [7, 11) is 1.91. The van der Waals surface area contributed by atoms with E-state index in [1.165, 1.54) is 0 Å². The summed E-state index contributed by atoms with van der Waals surface area (Å²) >= 11 is 0. The van der Waals surface area contributed by atoms with Crippen LogP contribution in [-0.2, 0) is 0 Å². The number of nitrogens with zero attached hydrogens (tertiary/aromatic N) is 2. The first kappa shape index (κ1) is 10.7. The first-order valence-electron chi connectivity index (χ1n) is 5.22. The Balaban J connectivity index is 2.37. The molecular weight excluding hydrogens is 204 g/mol. The summed E-state index contributed by atoms with van der Waals surface area (Å²) < 4.78 is 0. The van der Waals surface area contributed by atoms with Gasteiger partial charge in [-0.3, -0.25) is 10.1 Å². The first-order valence-corrected chi connectivity index (χ1v) is 5.22. The third kappa shape index (κ3) is 1.78. The van der Waals surface area contributed by atoms with E-state index in [-0.39, 0.29) is 17.5 Å². The number of likely N-dealkylation sites (N-methyl/N-ethyl adjacent to an activating group) is 1. The molecule has 84 valence electrons. The molecule has 1 unspecified atom stereocenters. The maximum Gasteiger partial charge on any atom is 0.227 e. The molecule has 0 aromatic heterocycles. The minimum atomic E-state index is -0.269. The summed E-state index contributed by atoms with van der Waals surface area (Å²) in [6.45, 7) is 1.97. The van der Waals surface area contributed by atoms with Gasteiger partial charge in [0, 0.05) is 17.7 Å². The normalized spacial score (nSPS) is 18.4. The maximum atomic E-state index is 10.6. The molecule has 0 aliphatic carbocycles. The molecule has 16 heavy (non-hydrogen) atoms. The van der Waals surface area contributed by atoms with Crippen LogP contribution in [0.15, 0.2) is 24.3 Å². The summed E-state index contributed by atoms with van der Waals surface area (Å²) in [5, 5.41) is 10.6. The molecule has 4 heteroatoms. The zero-order chi connectivity index (χ0) is 11.7. The fraction of sp³-hybridized carbons (Fsp3) is 0.333. The van der Waals surface area contributed by atoms with Crippen LogP contribution >= 0.6 is 0 Å². The second-order valence-corrected chi connectivity index (χ2v) is 4.07. The quantitative estimate of drug-likeness (QED) is 0.564. The average molecular weight is 218 g/mol. The Morgan fingerprint density at radius 1 is 1.50 bits per heavy atom. The predicted octanol–water partition coefficient (Wildman–Crippen LogP) is 2.10. The standard InChI is InChI=1S/C12H14N2O2/c1-9-4-3-5-10-6-7-11(8-14(15)16)13(2)12(9)10/h3-7,11H,8H2,1-2H3. The van der Waals surface area contributed by atoms with E-state index in [4.69, 9.17) is 0 Å². The summed E-state index contributed by atoms with van der Waals surface area (Å²) in [5.41, 5.74) is 3.37. The number of fused-ring (bicyclic) bond motifs is 1. The summed E-state index contributed by atoms with van der Waals surface area (Å²) in [6, 6.07) is 5.90. The number of nitro groups is 1. The van der Waals surface area contributed by atoms with Gasteiger partial charge in [-0.1, -0.05) is 30.4 Å². The molecule has 1 aromatic carbocycles. The number of aryl methyl sites for hydroxylation is 1. The van der Waals surface area contributed by atoms with Gasteiger partial charge in [-0.05, 0) is 18.1 Å². The van der Waals surface area contributed by atoms with Gasteiger partial charge >= 0.3 is 0 Å². The van der Waals surface area contributed by atoms with E-state index in [9.17, 15) is 10.1 Å². The summed E-state index contributed by atoms with van der Waals surface area (Å²) in [6.07, 6.45) is 3.86. The van der Waals surface area contributed by atoms with Crippen molar-refractivity contribution in [2.24, 2.45) is 0 Å². The Morgan fingerprint density at radius 3 is 2.94 bits per heavy atom. The molecule has 0 spiro atoms. The molecule has 1 aliphatic heterocycles. The van der Waals surface area contributed by atoms with Crippen molar-refractivity contribution >= 4 is 11.8 Å². The van der Waals surface area contributed by atoms with Crippen molar-refractivity contribution in [3.05, 3.63) is 45.5 Å².